The van der Waals surface area contributed by atoms with Crippen LogP contribution in [0.1, 0.15) is 23.2 Å². The van der Waals surface area contributed by atoms with Gasteiger partial charge in [-0.25, -0.2) is 4.98 Å². The first-order chi connectivity index (χ1) is 14.3. The lowest BCUT2D eigenvalue weighted by atomic mass is 10.2. The molecule has 1 amide bonds. The first-order valence-corrected chi connectivity index (χ1v) is 10.4. The molecule has 2 aromatic rings. The monoisotopic (exact) mass is 395 g/mol. The number of rotatable bonds is 7. The van der Waals surface area contributed by atoms with E-state index in [1.54, 1.807) is 18.3 Å². The Labute approximate surface area is 172 Å². The highest BCUT2D eigenvalue weighted by molar-refractivity contribution is 5.94. The third-order valence-corrected chi connectivity index (χ3v) is 5.45. The number of ether oxygens (including phenoxy) is 1. The van der Waals surface area contributed by atoms with E-state index in [1.165, 1.54) is 18.5 Å². The maximum Gasteiger partial charge on any atom is 0.251 e. The van der Waals surface area contributed by atoms with Gasteiger partial charge in [0.05, 0.1) is 13.2 Å². The zero-order valence-corrected chi connectivity index (χ0v) is 16.8. The number of nitrogens with one attached hydrogen (secondary N) is 2. The molecule has 0 bridgehead atoms. The molecule has 2 fully saturated rings. The second-order valence-electron chi connectivity index (χ2n) is 7.51. The van der Waals surface area contributed by atoms with Gasteiger partial charge in [-0.15, -0.1) is 0 Å². The largest absolute Gasteiger partial charge is 0.379 e. The number of amides is 1. The number of aromatic nitrogens is 1. The Hall–Kier alpha value is -2.64. The first-order valence-electron chi connectivity index (χ1n) is 10.4. The predicted molar refractivity (Wildman–Crippen MR) is 115 cm³/mol. The van der Waals surface area contributed by atoms with Crippen LogP contribution in [0.25, 0.3) is 0 Å². The standard InChI is InChI=1S/C22H29N5O2/c28-22(24-9-12-26-13-15-29-16-14-26)18-7-8-23-21(17-18)25-19-3-5-20(6-4-19)27-10-1-2-11-27/h3-8,17H,1-2,9-16H2,(H,23,25)(H,24,28). The molecule has 1 aromatic heterocycles. The molecule has 29 heavy (non-hydrogen) atoms. The van der Waals surface area contributed by atoms with E-state index in [1.807, 2.05) is 0 Å². The highest BCUT2D eigenvalue weighted by Crippen LogP contribution is 2.23. The number of carbonyl (C=O) groups excluding carboxylic acids is 1. The number of hydrogen-bond acceptors (Lipinski definition) is 6. The molecular formula is C22H29N5O2. The molecule has 0 unspecified atom stereocenters. The van der Waals surface area contributed by atoms with Gasteiger partial charge in [0.15, 0.2) is 0 Å². The van der Waals surface area contributed by atoms with Crippen molar-refractivity contribution < 1.29 is 9.53 Å². The summed E-state index contributed by atoms with van der Waals surface area (Å²) in [7, 11) is 0. The van der Waals surface area contributed by atoms with Gasteiger partial charge < -0.3 is 20.3 Å². The Morgan fingerprint density at radius 3 is 2.55 bits per heavy atom. The normalized spacial score (nSPS) is 17.3. The Kier molecular flexibility index (Phi) is 6.59. The molecule has 7 nitrogen and oxygen atoms in total. The smallest absolute Gasteiger partial charge is 0.251 e. The van der Waals surface area contributed by atoms with Crippen molar-refractivity contribution in [1.82, 2.24) is 15.2 Å². The van der Waals surface area contributed by atoms with E-state index < -0.39 is 0 Å². The molecule has 0 radical (unpaired) electrons. The highest BCUT2D eigenvalue weighted by Gasteiger charge is 2.13. The van der Waals surface area contributed by atoms with Crippen molar-refractivity contribution in [2.24, 2.45) is 0 Å². The fourth-order valence-corrected chi connectivity index (χ4v) is 3.77. The van der Waals surface area contributed by atoms with Crippen molar-refractivity contribution in [2.75, 3.05) is 62.7 Å². The lowest BCUT2D eigenvalue weighted by Crippen LogP contribution is -2.41. The van der Waals surface area contributed by atoms with Gasteiger partial charge in [-0.1, -0.05) is 0 Å². The van der Waals surface area contributed by atoms with Crippen LogP contribution in [0.2, 0.25) is 0 Å². The average molecular weight is 396 g/mol. The molecule has 7 heteroatoms. The van der Waals surface area contributed by atoms with E-state index >= 15 is 0 Å². The minimum Gasteiger partial charge on any atom is -0.379 e. The summed E-state index contributed by atoms with van der Waals surface area (Å²) in [6.45, 7) is 7.13. The number of benzene rings is 1. The van der Waals surface area contributed by atoms with Crippen LogP contribution < -0.4 is 15.5 Å². The van der Waals surface area contributed by atoms with Crippen molar-refractivity contribution in [1.29, 1.82) is 0 Å². The molecule has 2 saturated heterocycles. The van der Waals surface area contributed by atoms with Gasteiger partial charge in [0.25, 0.3) is 5.91 Å². The van der Waals surface area contributed by atoms with Crippen molar-refractivity contribution in [3.05, 3.63) is 48.2 Å². The summed E-state index contributed by atoms with van der Waals surface area (Å²) in [4.78, 5) is 21.5. The van der Waals surface area contributed by atoms with Crippen molar-refractivity contribution in [3.63, 3.8) is 0 Å². The van der Waals surface area contributed by atoms with Gasteiger partial charge in [-0.3, -0.25) is 9.69 Å². The molecular weight excluding hydrogens is 366 g/mol. The average Bonchev–Trinajstić information content (AvgIpc) is 3.30. The van der Waals surface area contributed by atoms with Crippen LogP contribution in [-0.2, 0) is 4.74 Å². The van der Waals surface area contributed by atoms with Crippen LogP contribution in [-0.4, -0.2) is 68.3 Å². The maximum absolute atomic E-state index is 12.5. The second kappa shape index (κ2) is 9.71. The topological polar surface area (TPSA) is 69.7 Å². The van der Waals surface area contributed by atoms with Gasteiger partial charge in [-0.2, -0.15) is 0 Å². The second-order valence-corrected chi connectivity index (χ2v) is 7.51. The highest BCUT2D eigenvalue weighted by atomic mass is 16.5. The van der Waals surface area contributed by atoms with Crippen molar-refractivity contribution in [2.45, 2.75) is 12.8 Å². The van der Waals surface area contributed by atoms with Gasteiger partial charge in [0, 0.05) is 62.4 Å². The maximum atomic E-state index is 12.5. The Bertz CT molecular complexity index is 799. The quantitative estimate of drug-likeness (QED) is 0.751. The van der Waals surface area contributed by atoms with E-state index in [4.69, 9.17) is 4.74 Å². The van der Waals surface area contributed by atoms with Crippen molar-refractivity contribution >= 4 is 23.1 Å². The van der Waals surface area contributed by atoms with Gasteiger partial charge in [0.1, 0.15) is 5.82 Å². The third-order valence-electron chi connectivity index (χ3n) is 5.45. The first kappa shape index (κ1) is 19.7. The van der Waals surface area contributed by atoms with Gasteiger partial charge >= 0.3 is 0 Å². The number of hydrogen-bond donors (Lipinski definition) is 2. The minimum atomic E-state index is -0.0758. The molecule has 0 spiro atoms. The van der Waals surface area contributed by atoms with Crippen LogP contribution >= 0.6 is 0 Å². The van der Waals surface area contributed by atoms with Crippen LogP contribution in [0.3, 0.4) is 0 Å². The molecule has 4 rings (SSSR count). The lowest BCUT2D eigenvalue weighted by Gasteiger charge is -2.26. The fourth-order valence-electron chi connectivity index (χ4n) is 3.77. The van der Waals surface area contributed by atoms with Crippen LogP contribution in [0.15, 0.2) is 42.6 Å². The number of anilines is 3. The number of nitrogens with zero attached hydrogens (tertiary/aromatic N) is 3. The molecule has 2 N–H and O–H groups in total. The molecule has 154 valence electrons. The van der Waals surface area contributed by atoms with Crippen molar-refractivity contribution in [3.8, 4) is 0 Å². The van der Waals surface area contributed by atoms with Gasteiger partial charge in [0.2, 0.25) is 0 Å². The van der Waals surface area contributed by atoms with E-state index in [0.717, 1.165) is 51.6 Å². The SMILES string of the molecule is O=C(NCCN1CCOCC1)c1ccnc(Nc2ccc(N3CCCC3)cc2)c1. The molecule has 0 atom stereocenters. The van der Waals surface area contributed by atoms with Crippen LogP contribution in [0.5, 0.6) is 0 Å². The van der Waals surface area contributed by atoms with Crippen LogP contribution in [0.4, 0.5) is 17.2 Å². The molecule has 1 aromatic carbocycles. The number of morpholine rings is 1. The zero-order chi connectivity index (χ0) is 19.9. The summed E-state index contributed by atoms with van der Waals surface area (Å²) in [5, 5.41) is 6.29. The predicted octanol–water partition coefficient (Wildman–Crippen LogP) is 2.49. The lowest BCUT2D eigenvalue weighted by molar-refractivity contribution is 0.0383. The Morgan fingerprint density at radius 2 is 1.79 bits per heavy atom. The van der Waals surface area contributed by atoms with Crippen LogP contribution in [0, 0.1) is 0 Å². The summed E-state index contributed by atoms with van der Waals surface area (Å²) in [6.07, 6.45) is 4.20. The number of pyridine rings is 1. The van der Waals surface area contributed by atoms with E-state index in [2.05, 4.69) is 49.7 Å². The van der Waals surface area contributed by atoms with E-state index in [-0.39, 0.29) is 5.91 Å². The third kappa shape index (κ3) is 5.46. The summed E-state index contributed by atoms with van der Waals surface area (Å²) in [5.41, 5.74) is 2.83. The molecule has 2 aliphatic rings. The summed E-state index contributed by atoms with van der Waals surface area (Å²) in [6, 6.07) is 11.9. The molecule has 0 aliphatic carbocycles. The van der Waals surface area contributed by atoms with E-state index in [9.17, 15) is 4.79 Å². The Balaban J connectivity index is 1.30. The Morgan fingerprint density at radius 1 is 1.03 bits per heavy atom. The molecule has 2 aliphatic heterocycles. The van der Waals surface area contributed by atoms with E-state index in [0.29, 0.717) is 17.9 Å². The fraction of sp³-hybridized carbons (Fsp3) is 0.455. The zero-order valence-electron chi connectivity index (χ0n) is 16.8. The molecule has 0 saturated carbocycles. The summed E-state index contributed by atoms with van der Waals surface area (Å²) in [5.74, 6) is 0.591. The summed E-state index contributed by atoms with van der Waals surface area (Å²) >= 11 is 0. The summed E-state index contributed by atoms with van der Waals surface area (Å²) < 4.78 is 5.35. The minimum absolute atomic E-state index is 0.0758. The van der Waals surface area contributed by atoms with Gasteiger partial charge in [-0.05, 0) is 49.2 Å². The molecule has 3 heterocycles. The number of carbonyl (C=O) groups is 1.